The lowest BCUT2D eigenvalue weighted by atomic mass is 10.2. The molecule has 0 aliphatic heterocycles. The van der Waals surface area contributed by atoms with E-state index in [1.165, 1.54) is 0 Å². The smallest absolute Gasteiger partial charge is 0.145 e. The molecule has 1 aromatic heterocycles. The summed E-state index contributed by atoms with van der Waals surface area (Å²) in [7, 11) is -5.17. The van der Waals surface area contributed by atoms with Crippen molar-refractivity contribution in [1.29, 1.82) is 0 Å². The van der Waals surface area contributed by atoms with Crippen LogP contribution in [0.2, 0.25) is 0 Å². The predicted octanol–water partition coefficient (Wildman–Crippen LogP) is -0.242. The minimum atomic E-state index is -5.17. The van der Waals surface area contributed by atoms with Crippen LogP contribution in [0.4, 0.5) is 11.5 Å². The number of benzene rings is 1. The van der Waals surface area contributed by atoms with Crippen LogP contribution in [0.1, 0.15) is 5.56 Å². The van der Waals surface area contributed by atoms with E-state index in [-0.39, 0.29) is 0 Å². The van der Waals surface area contributed by atoms with Gasteiger partial charge in [-0.3, -0.25) is 8.42 Å². The molecular weight excluding hydrogens is 272 g/mol. The minimum Gasteiger partial charge on any atom is -0.759 e. The summed E-state index contributed by atoms with van der Waals surface area (Å²) in [4.78, 5) is 0. The summed E-state index contributed by atoms with van der Waals surface area (Å²) in [5.74, 6) is 0.522. The van der Waals surface area contributed by atoms with Crippen molar-refractivity contribution in [2.45, 2.75) is 6.54 Å². The lowest BCUT2D eigenvalue weighted by molar-refractivity contribution is 0.352. The Hall–Kier alpha value is -2.10. The molecule has 0 fully saturated rings. The lowest BCUT2D eigenvalue weighted by Crippen LogP contribution is -2.06. The summed E-state index contributed by atoms with van der Waals surface area (Å²) in [5.41, 5.74) is 13.0. The van der Waals surface area contributed by atoms with Crippen LogP contribution >= 0.6 is 0 Å². The van der Waals surface area contributed by atoms with Crippen molar-refractivity contribution in [3.05, 3.63) is 42.1 Å². The van der Waals surface area contributed by atoms with Gasteiger partial charge in [0.25, 0.3) is 0 Å². The second-order valence-corrected chi connectivity index (χ2v) is 4.35. The molecule has 0 aliphatic carbocycles. The van der Waals surface area contributed by atoms with Crippen LogP contribution in [0.3, 0.4) is 0 Å². The summed E-state index contributed by atoms with van der Waals surface area (Å²) in [6, 6.07) is 10.00. The number of hydrogen-bond donors (Lipinski definition) is 2. The van der Waals surface area contributed by atoms with Crippen LogP contribution in [-0.4, -0.2) is 27.3 Å². The third-order valence-electron chi connectivity index (χ3n) is 2.09. The molecule has 9 heteroatoms. The molecule has 0 bridgehead atoms. The van der Waals surface area contributed by atoms with E-state index in [1.54, 1.807) is 10.9 Å². The van der Waals surface area contributed by atoms with Gasteiger partial charge in [0, 0.05) is 10.4 Å². The van der Waals surface area contributed by atoms with Gasteiger partial charge >= 0.3 is 0 Å². The summed E-state index contributed by atoms with van der Waals surface area (Å²) in [6.07, 6.45) is 1.57. The van der Waals surface area contributed by atoms with Gasteiger partial charge in [-0.2, -0.15) is 5.10 Å². The van der Waals surface area contributed by atoms with E-state index in [2.05, 4.69) is 5.10 Å². The van der Waals surface area contributed by atoms with E-state index in [9.17, 15) is 0 Å². The number of aromatic nitrogens is 2. The largest absolute Gasteiger partial charge is 0.759 e. The lowest BCUT2D eigenvalue weighted by Gasteiger charge is -2.06. The zero-order valence-electron chi connectivity index (χ0n) is 9.76. The predicted molar refractivity (Wildman–Crippen MR) is 67.1 cm³/mol. The van der Waals surface area contributed by atoms with E-state index < -0.39 is 10.4 Å². The van der Waals surface area contributed by atoms with Crippen molar-refractivity contribution >= 4 is 21.9 Å². The molecular formula is C10H12N4O4S-2. The van der Waals surface area contributed by atoms with Gasteiger partial charge < -0.3 is 20.6 Å². The summed E-state index contributed by atoms with van der Waals surface area (Å²) in [5, 5.41) is 4.08. The van der Waals surface area contributed by atoms with Gasteiger partial charge in [-0.1, -0.05) is 30.3 Å². The molecule has 0 spiro atoms. The highest BCUT2D eigenvalue weighted by Gasteiger charge is 2.03. The third-order valence-corrected chi connectivity index (χ3v) is 2.09. The highest BCUT2D eigenvalue weighted by Crippen LogP contribution is 2.14. The first-order chi connectivity index (χ1) is 8.77. The van der Waals surface area contributed by atoms with Crippen LogP contribution in [0.15, 0.2) is 36.5 Å². The second-order valence-electron chi connectivity index (χ2n) is 3.54. The molecule has 1 aromatic carbocycles. The zero-order chi connectivity index (χ0) is 14.5. The Morgan fingerprint density at radius 2 is 1.68 bits per heavy atom. The molecule has 2 aromatic rings. The molecule has 8 nitrogen and oxygen atoms in total. The van der Waals surface area contributed by atoms with Crippen LogP contribution < -0.4 is 11.5 Å². The van der Waals surface area contributed by atoms with E-state index in [1.807, 2.05) is 30.3 Å². The van der Waals surface area contributed by atoms with Crippen molar-refractivity contribution in [3.63, 3.8) is 0 Å². The van der Waals surface area contributed by atoms with Crippen molar-refractivity contribution in [3.8, 4) is 0 Å². The average Bonchev–Trinajstić information content (AvgIpc) is 2.60. The molecule has 0 radical (unpaired) electrons. The highest BCUT2D eigenvalue weighted by atomic mass is 32.3. The fourth-order valence-corrected chi connectivity index (χ4v) is 1.29. The monoisotopic (exact) mass is 284 g/mol. The van der Waals surface area contributed by atoms with Gasteiger partial charge in [-0.05, 0) is 5.56 Å². The third kappa shape index (κ3) is 5.86. The number of hydrogen-bond acceptors (Lipinski definition) is 7. The van der Waals surface area contributed by atoms with Crippen molar-refractivity contribution < 1.29 is 17.5 Å². The Kier molecular flexibility index (Phi) is 4.87. The normalized spacial score (nSPS) is 10.6. The maximum atomic E-state index is 8.52. The number of anilines is 2. The van der Waals surface area contributed by atoms with Crippen molar-refractivity contribution in [2.75, 3.05) is 11.5 Å². The molecule has 104 valence electrons. The second kappa shape index (κ2) is 6.18. The minimum absolute atomic E-state index is 0.522. The number of nitrogens with two attached hydrogens (primary N) is 2. The Morgan fingerprint density at radius 1 is 1.16 bits per heavy atom. The Labute approximate surface area is 110 Å². The highest BCUT2D eigenvalue weighted by molar-refractivity contribution is 7.79. The van der Waals surface area contributed by atoms with Gasteiger partial charge in [0.15, 0.2) is 0 Å². The van der Waals surface area contributed by atoms with Crippen molar-refractivity contribution in [2.24, 2.45) is 0 Å². The van der Waals surface area contributed by atoms with Gasteiger partial charge in [0.1, 0.15) is 5.82 Å². The summed E-state index contributed by atoms with van der Waals surface area (Å²) in [6.45, 7) is 0.657. The molecule has 0 aliphatic rings. The maximum absolute atomic E-state index is 8.52. The molecule has 19 heavy (non-hydrogen) atoms. The average molecular weight is 284 g/mol. The van der Waals surface area contributed by atoms with Crippen LogP contribution in [0.5, 0.6) is 0 Å². The first-order valence-electron chi connectivity index (χ1n) is 5.04. The summed E-state index contributed by atoms with van der Waals surface area (Å²) < 4.78 is 35.8. The molecule has 0 saturated heterocycles. The van der Waals surface area contributed by atoms with E-state index in [4.69, 9.17) is 29.0 Å². The topological polar surface area (TPSA) is 150 Å². The Morgan fingerprint density at radius 3 is 2.11 bits per heavy atom. The molecule has 0 saturated carbocycles. The number of nitrogen functional groups attached to an aromatic ring is 2. The first kappa shape index (κ1) is 15.0. The van der Waals surface area contributed by atoms with Crippen molar-refractivity contribution in [1.82, 2.24) is 9.78 Å². The standard InChI is InChI=1S/C10H12N4.H2O4S/c11-9-6-13-14(10(9)12)7-8-4-2-1-3-5-8;1-5(2,3)4/h1-6H,7,11-12H2;(H2,1,2,3,4)/p-2. The fraction of sp³-hybridized carbons (Fsp3) is 0.100. The van der Waals surface area contributed by atoms with E-state index >= 15 is 0 Å². The SMILES string of the molecule is Nc1cnn(Cc2ccccc2)c1N.O=S(=O)([O-])[O-]. The molecule has 2 rings (SSSR count). The van der Waals surface area contributed by atoms with Gasteiger partial charge in [-0.25, -0.2) is 4.68 Å². The van der Waals surface area contributed by atoms with Gasteiger partial charge in [0.05, 0.1) is 18.4 Å². The first-order valence-corrected chi connectivity index (χ1v) is 6.38. The van der Waals surface area contributed by atoms with E-state index in [0.29, 0.717) is 18.1 Å². The molecule has 1 heterocycles. The van der Waals surface area contributed by atoms with Crippen LogP contribution in [0, 0.1) is 0 Å². The van der Waals surface area contributed by atoms with Gasteiger partial charge in [0.2, 0.25) is 0 Å². The quantitative estimate of drug-likeness (QED) is 0.570. The maximum Gasteiger partial charge on any atom is 0.145 e. The zero-order valence-corrected chi connectivity index (χ0v) is 10.6. The Balaban J connectivity index is 0.000000312. The van der Waals surface area contributed by atoms with Crippen LogP contribution in [0.25, 0.3) is 0 Å². The Bertz CT molecular complexity index is 616. The summed E-state index contributed by atoms with van der Waals surface area (Å²) >= 11 is 0. The fourth-order valence-electron chi connectivity index (χ4n) is 1.29. The van der Waals surface area contributed by atoms with E-state index in [0.717, 1.165) is 5.56 Å². The molecule has 0 unspecified atom stereocenters. The van der Waals surface area contributed by atoms with Gasteiger partial charge in [-0.15, -0.1) is 0 Å². The van der Waals surface area contributed by atoms with Crippen LogP contribution in [-0.2, 0) is 16.9 Å². The molecule has 0 amide bonds. The molecule has 0 atom stereocenters. The molecule has 4 N–H and O–H groups in total. The number of rotatable bonds is 2. The number of nitrogens with zero attached hydrogens (tertiary/aromatic N) is 2.